The number of carbonyl (C=O) groups is 1. The predicted molar refractivity (Wildman–Crippen MR) is 117 cm³/mol. The van der Waals surface area contributed by atoms with E-state index in [0.717, 1.165) is 40.0 Å². The summed E-state index contributed by atoms with van der Waals surface area (Å²) in [6.45, 7) is 7.14. The normalized spacial score (nSPS) is 12.3. The molecule has 6 heteroatoms. The molecule has 1 amide bonds. The zero-order chi connectivity index (χ0) is 21.7. The number of benzene rings is 2. The molecule has 30 heavy (non-hydrogen) atoms. The minimum Gasteiger partial charge on any atom is -0.383 e. The third-order valence-corrected chi connectivity index (χ3v) is 5.44. The third kappa shape index (κ3) is 4.87. The van der Waals surface area contributed by atoms with Crippen LogP contribution in [0.3, 0.4) is 0 Å². The minimum atomic E-state index is -0.366. The molecule has 0 radical (unpaired) electrons. The van der Waals surface area contributed by atoms with Crippen molar-refractivity contribution in [1.82, 2.24) is 14.9 Å². The number of hydrogen-bond donors (Lipinski definition) is 1. The molecular weight excluding hydrogens is 381 g/mol. The molecule has 0 aliphatic carbocycles. The fourth-order valence-corrected chi connectivity index (χ4v) is 3.70. The van der Waals surface area contributed by atoms with Gasteiger partial charge in [-0.25, -0.2) is 9.37 Å². The Balaban J connectivity index is 2.08. The first-order valence-corrected chi connectivity index (χ1v) is 10.4. The minimum absolute atomic E-state index is 0.0354. The fourth-order valence-electron chi connectivity index (χ4n) is 3.70. The van der Waals surface area contributed by atoms with E-state index in [1.54, 1.807) is 19.2 Å². The highest BCUT2D eigenvalue weighted by Gasteiger charge is 2.25. The third-order valence-electron chi connectivity index (χ3n) is 5.44. The number of methoxy groups -OCH3 is 1. The van der Waals surface area contributed by atoms with Crippen LogP contribution in [0.1, 0.15) is 48.3 Å². The monoisotopic (exact) mass is 411 g/mol. The second-order valence-corrected chi connectivity index (χ2v) is 7.71. The number of imidazole rings is 1. The first-order chi connectivity index (χ1) is 14.4. The van der Waals surface area contributed by atoms with Crippen LogP contribution in [0.15, 0.2) is 36.4 Å². The molecule has 1 N–H and O–H groups in total. The zero-order valence-electron chi connectivity index (χ0n) is 18.2. The molecule has 0 saturated carbocycles. The topological polar surface area (TPSA) is 56.1 Å². The van der Waals surface area contributed by atoms with Crippen LogP contribution < -0.4 is 5.32 Å². The second-order valence-electron chi connectivity index (χ2n) is 7.71. The van der Waals surface area contributed by atoms with E-state index in [1.807, 2.05) is 0 Å². The summed E-state index contributed by atoms with van der Waals surface area (Å²) >= 11 is 0. The second kappa shape index (κ2) is 9.85. The van der Waals surface area contributed by atoms with E-state index in [9.17, 15) is 9.18 Å². The number of hydrogen-bond acceptors (Lipinski definition) is 3. The summed E-state index contributed by atoms with van der Waals surface area (Å²) in [5.41, 5.74) is 5.11. The van der Waals surface area contributed by atoms with E-state index in [4.69, 9.17) is 9.72 Å². The molecule has 0 aliphatic rings. The molecule has 0 spiro atoms. The number of nitrogens with one attached hydrogen (secondary N) is 1. The van der Waals surface area contributed by atoms with E-state index >= 15 is 0 Å². The number of nitrogens with zero attached hydrogens (tertiary/aromatic N) is 2. The van der Waals surface area contributed by atoms with Gasteiger partial charge in [-0.05, 0) is 61.2 Å². The number of rotatable bonds is 9. The molecule has 1 atom stereocenters. The van der Waals surface area contributed by atoms with Crippen molar-refractivity contribution in [2.45, 2.75) is 46.1 Å². The number of ether oxygens (including phenoxy) is 1. The van der Waals surface area contributed by atoms with Crippen molar-refractivity contribution in [2.75, 3.05) is 20.3 Å². The summed E-state index contributed by atoms with van der Waals surface area (Å²) in [7, 11) is 1.62. The highest BCUT2D eigenvalue weighted by atomic mass is 19.1. The van der Waals surface area contributed by atoms with Gasteiger partial charge in [0.1, 0.15) is 17.7 Å². The molecule has 3 rings (SSSR count). The summed E-state index contributed by atoms with van der Waals surface area (Å²) < 4.78 is 20.5. The van der Waals surface area contributed by atoms with Crippen LogP contribution in [0.4, 0.5) is 4.39 Å². The molecule has 5 nitrogen and oxygen atoms in total. The van der Waals surface area contributed by atoms with Crippen molar-refractivity contribution in [3.05, 3.63) is 64.7 Å². The SMILES string of the molecule is CCC[C@H](C(=O)NCCOC)n1c(Cc2ccc(F)cc2)nc2cc(C)c(C)cc21. The molecule has 0 saturated heterocycles. The molecular formula is C24H30FN3O2. The van der Waals surface area contributed by atoms with Crippen molar-refractivity contribution in [3.63, 3.8) is 0 Å². The van der Waals surface area contributed by atoms with Gasteiger partial charge >= 0.3 is 0 Å². The summed E-state index contributed by atoms with van der Waals surface area (Å²) in [4.78, 5) is 18.0. The van der Waals surface area contributed by atoms with E-state index < -0.39 is 0 Å². The van der Waals surface area contributed by atoms with Crippen LogP contribution in [0, 0.1) is 19.7 Å². The largest absolute Gasteiger partial charge is 0.383 e. The Morgan fingerprint density at radius 3 is 2.57 bits per heavy atom. The summed E-state index contributed by atoms with van der Waals surface area (Å²) in [6, 6.07) is 10.3. The van der Waals surface area contributed by atoms with Gasteiger partial charge in [0, 0.05) is 20.1 Å². The smallest absolute Gasteiger partial charge is 0.243 e. The van der Waals surface area contributed by atoms with Crippen LogP contribution in [0.25, 0.3) is 11.0 Å². The molecule has 3 aromatic rings. The maximum Gasteiger partial charge on any atom is 0.243 e. The number of fused-ring (bicyclic) bond motifs is 1. The standard InChI is InChI=1S/C24H30FN3O2/c1-5-6-21(24(29)26-11-12-30-4)28-22-14-17(3)16(2)13-20(22)27-23(28)15-18-7-9-19(25)10-8-18/h7-10,13-14,21H,5-6,11-12,15H2,1-4H3,(H,26,29)/t21-/m1/s1. The molecule has 1 heterocycles. The number of halogens is 1. The van der Waals surface area contributed by atoms with Crippen molar-refractivity contribution >= 4 is 16.9 Å². The fraction of sp³-hybridized carbons (Fsp3) is 0.417. The lowest BCUT2D eigenvalue weighted by Gasteiger charge is -2.21. The van der Waals surface area contributed by atoms with Gasteiger partial charge in [0.05, 0.1) is 17.6 Å². The van der Waals surface area contributed by atoms with Gasteiger partial charge in [-0.2, -0.15) is 0 Å². The van der Waals surface area contributed by atoms with Gasteiger partial charge in [0.15, 0.2) is 0 Å². The Morgan fingerprint density at radius 2 is 1.90 bits per heavy atom. The van der Waals surface area contributed by atoms with E-state index in [-0.39, 0.29) is 17.8 Å². The Morgan fingerprint density at radius 1 is 1.20 bits per heavy atom. The summed E-state index contributed by atoms with van der Waals surface area (Å²) in [6.07, 6.45) is 2.09. The van der Waals surface area contributed by atoms with Crippen LogP contribution in [0.2, 0.25) is 0 Å². The van der Waals surface area contributed by atoms with Gasteiger partial charge in [-0.3, -0.25) is 4.79 Å². The highest BCUT2D eigenvalue weighted by molar-refractivity contribution is 5.85. The first-order valence-electron chi connectivity index (χ1n) is 10.4. The number of aromatic nitrogens is 2. The van der Waals surface area contributed by atoms with Crippen LogP contribution in [-0.2, 0) is 16.0 Å². The van der Waals surface area contributed by atoms with E-state index in [2.05, 4.69) is 42.8 Å². The van der Waals surface area contributed by atoms with Crippen LogP contribution in [0.5, 0.6) is 0 Å². The quantitative estimate of drug-likeness (QED) is 0.528. The maximum absolute atomic E-state index is 13.4. The number of carbonyl (C=O) groups excluding carboxylic acids is 1. The molecule has 0 fully saturated rings. The average molecular weight is 412 g/mol. The number of aryl methyl sites for hydroxylation is 2. The van der Waals surface area contributed by atoms with E-state index in [0.29, 0.717) is 26.0 Å². The average Bonchev–Trinajstić information content (AvgIpc) is 3.04. The Kier molecular flexibility index (Phi) is 7.21. The maximum atomic E-state index is 13.4. The van der Waals surface area contributed by atoms with Crippen molar-refractivity contribution in [1.29, 1.82) is 0 Å². The Bertz CT molecular complexity index is 1010. The number of amides is 1. The molecule has 1 aromatic heterocycles. The summed E-state index contributed by atoms with van der Waals surface area (Å²) in [5.74, 6) is 0.508. The van der Waals surface area contributed by atoms with Gasteiger partial charge in [0.25, 0.3) is 0 Å². The van der Waals surface area contributed by atoms with Crippen LogP contribution in [-0.4, -0.2) is 35.7 Å². The highest BCUT2D eigenvalue weighted by Crippen LogP contribution is 2.28. The van der Waals surface area contributed by atoms with Crippen LogP contribution >= 0.6 is 0 Å². The lowest BCUT2D eigenvalue weighted by atomic mass is 10.1. The molecule has 0 aliphatic heterocycles. The van der Waals surface area contributed by atoms with Gasteiger partial charge in [-0.1, -0.05) is 25.5 Å². The van der Waals surface area contributed by atoms with E-state index in [1.165, 1.54) is 12.1 Å². The molecule has 2 aromatic carbocycles. The Labute approximate surface area is 177 Å². The van der Waals surface area contributed by atoms with Gasteiger partial charge < -0.3 is 14.6 Å². The molecule has 160 valence electrons. The van der Waals surface area contributed by atoms with Crippen molar-refractivity contribution in [2.24, 2.45) is 0 Å². The zero-order valence-corrected chi connectivity index (χ0v) is 18.2. The molecule has 0 bridgehead atoms. The van der Waals surface area contributed by atoms with Crippen molar-refractivity contribution < 1.29 is 13.9 Å². The Hall–Kier alpha value is -2.73. The molecule has 0 unspecified atom stereocenters. The van der Waals surface area contributed by atoms with Gasteiger partial charge in [-0.15, -0.1) is 0 Å². The first kappa shape index (κ1) is 22.0. The lowest BCUT2D eigenvalue weighted by molar-refractivity contribution is -0.124. The predicted octanol–water partition coefficient (Wildman–Crippen LogP) is 4.49. The lowest BCUT2D eigenvalue weighted by Crippen LogP contribution is -2.35. The van der Waals surface area contributed by atoms with Gasteiger partial charge in [0.2, 0.25) is 5.91 Å². The summed E-state index contributed by atoms with van der Waals surface area (Å²) in [5, 5.41) is 2.98. The van der Waals surface area contributed by atoms with Crippen molar-refractivity contribution in [3.8, 4) is 0 Å².